The Morgan fingerprint density at radius 2 is 1.80 bits per heavy atom. The Hall–Kier alpha value is -1.89. The van der Waals surface area contributed by atoms with Crippen LogP contribution in [0.15, 0.2) is 0 Å². The molecule has 0 bridgehead atoms. The Morgan fingerprint density at radius 3 is 2.32 bits per heavy atom. The molecule has 7 nitrogen and oxygen atoms in total. The monoisotopic (exact) mass is 349 g/mol. The number of carbonyl (C=O) groups is 2. The van der Waals surface area contributed by atoms with Crippen molar-refractivity contribution in [3.05, 3.63) is 11.4 Å². The van der Waals surface area contributed by atoms with Crippen LogP contribution in [-0.4, -0.2) is 52.1 Å². The number of aromatic nitrogens is 2. The molecule has 1 aliphatic rings. The van der Waals surface area contributed by atoms with Gasteiger partial charge in [0.2, 0.25) is 11.8 Å². The molecule has 2 amide bonds. The zero-order valence-electron chi connectivity index (χ0n) is 15.9. The van der Waals surface area contributed by atoms with E-state index in [1.165, 1.54) is 0 Å². The van der Waals surface area contributed by atoms with Crippen LogP contribution in [-0.2, 0) is 9.59 Å². The second kappa shape index (κ2) is 8.47. The smallest absolute Gasteiger partial charge is 0.242 e. The van der Waals surface area contributed by atoms with Crippen molar-refractivity contribution in [3.8, 4) is 0 Å². The normalized spacial score (nSPS) is 16.5. The van der Waals surface area contributed by atoms with Crippen LogP contribution in [0.25, 0.3) is 0 Å². The molecule has 1 aliphatic carbocycles. The molecule has 25 heavy (non-hydrogen) atoms. The number of nitrogens with zero attached hydrogens (tertiary/aromatic N) is 2. The van der Waals surface area contributed by atoms with Crippen molar-refractivity contribution in [2.24, 2.45) is 0 Å². The van der Waals surface area contributed by atoms with E-state index in [0.717, 1.165) is 49.2 Å². The van der Waals surface area contributed by atoms with Crippen LogP contribution in [0, 0.1) is 13.8 Å². The van der Waals surface area contributed by atoms with E-state index in [9.17, 15) is 9.59 Å². The van der Waals surface area contributed by atoms with E-state index in [0.29, 0.717) is 13.1 Å². The SMILES string of the molecule is CCN(CC)C(=O)C1(NCC(=O)Nc2c(C)n[nH]c2C)CCCCC1. The number of H-pyrrole nitrogens is 1. The van der Waals surface area contributed by atoms with Crippen molar-refractivity contribution >= 4 is 17.5 Å². The Labute approximate surface area is 149 Å². The first-order valence-corrected chi connectivity index (χ1v) is 9.29. The third kappa shape index (κ3) is 4.39. The summed E-state index contributed by atoms with van der Waals surface area (Å²) in [5.41, 5.74) is 1.71. The molecule has 0 aliphatic heterocycles. The summed E-state index contributed by atoms with van der Waals surface area (Å²) in [5, 5.41) is 13.1. The van der Waals surface area contributed by atoms with Crippen LogP contribution in [0.5, 0.6) is 0 Å². The number of hydrogen-bond acceptors (Lipinski definition) is 4. The highest BCUT2D eigenvalue weighted by Crippen LogP contribution is 2.30. The topological polar surface area (TPSA) is 90.1 Å². The lowest BCUT2D eigenvalue weighted by Gasteiger charge is -2.40. The van der Waals surface area contributed by atoms with Gasteiger partial charge in [0.25, 0.3) is 0 Å². The van der Waals surface area contributed by atoms with Crippen molar-refractivity contribution in [1.29, 1.82) is 0 Å². The van der Waals surface area contributed by atoms with Gasteiger partial charge < -0.3 is 10.2 Å². The van der Waals surface area contributed by atoms with Crippen molar-refractivity contribution in [3.63, 3.8) is 0 Å². The number of carbonyl (C=O) groups excluding carboxylic acids is 2. The standard InChI is InChI=1S/C18H31N5O2/c1-5-23(6-2)17(25)18(10-8-7-9-11-18)19-12-15(24)20-16-13(3)21-22-14(16)4/h19H,5-12H2,1-4H3,(H,20,24)(H,21,22). The van der Waals surface area contributed by atoms with Gasteiger partial charge in [-0.15, -0.1) is 0 Å². The van der Waals surface area contributed by atoms with Crippen LogP contribution >= 0.6 is 0 Å². The number of amides is 2. The summed E-state index contributed by atoms with van der Waals surface area (Å²) < 4.78 is 0. The first kappa shape index (κ1) is 19.4. The fourth-order valence-electron chi connectivity index (χ4n) is 3.60. The van der Waals surface area contributed by atoms with Crippen LogP contribution < -0.4 is 10.6 Å². The van der Waals surface area contributed by atoms with Gasteiger partial charge in [0.1, 0.15) is 0 Å². The molecule has 0 unspecified atom stereocenters. The molecule has 2 rings (SSSR count). The van der Waals surface area contributed by atoms with E-state index < -0.39 is 5.54 Å². The second-order valence-electron chi connectivity index (χ2n) is 6.83. The molecule has 0 radical (unpaired) electrons. The zero-order valence-corrected chi connectivity index (χ0v) is 15.9. The molecule has 1 fully saturated rings. The molecule has 0 atom stereocenters. The van der Waals surface area contributed by atoms with Gasteiger partial charge in [-0.2, -0.15) is 5.10 Å². The largest absolute Gasteiger partial charge is 0.342 e. The Balaban J connectivity index is 2.04. The lowest BCUT2D eigenvalue weighted by molar-refractivity contribution is -0.139. The maximum absolute atomic E-state index is 13.0. The highest BCUT2D eigenvalue weighted by Gasteiger charge is 2.41. The molecule has 1 aromatic rings. The molecule has 1 saturated carbocycles. The molecular formula is C18H31N5O2. The number of likely N-dealkylation sites (N-methyl/N-ethyl adjacent to an activating group) is 1. The highest BCUT2D eigenvalue weighted by atomic mass is 16.2. The third-order valence-corrected chi connectivity index (χ3v) is 5.15. The molecular weight excluding hydrogens is 318 g/mol. The molecule has 3 N–H and O–H groups in total. The van der Waals surface area contributed by atoms with Crippen LogP contribution in [0.3, 0.4) is 0 Å². The quantitative estimate of drug-likeness (QED) is 0.703. The third-order valence-electron chi connectivity index (χ3n) is 5.15. The van der Waals surface area contributed by atoms with Gasteiger partial charge in [0.05, 0.1) is 29.2 Å². The molecule has 140 valence electrons. The summed E-state index contributed by atoms with van der Waals surface area (Å²) in [7, 11) is 0. The second-order valence-corrected chi connectivity index (χ2v) is 6.83. The minimum atomic E-state index is -0.609. The van der Waals surface area contributed by atoms with Gasteiger partial charge in [-0.25, -0.2) is 0 Å². The number of anilines is 1. The molecule has 7 heteroatoms. The van der Waals surface area contributed by atoms with Gasteiger partial charge in [0.15, 0.2) is 0 Å². The lowest BCUT2D eigenvalue weighted by atomic mass is 9.80. The number of nitrogens with one attached hydrogen (secondary N) is 3. The first-order valence-electron chi connectivity index (χ1n) is 9.29. The minimum absolute atomic E-state index is 0.122. The first-order chi connectivity index (χ1) is 11.9. The molecule has 1 aromatic heterocycles. The molecule has 0 spiro atoms. The highest BCUT2D eigenvalue weighted by molar-refractivity contribution is 5.94. The molecule has 0 aromatic carbocycles. The number of aromatic amines is 1. The Morgan fingerprint density at radius 1 is 1.16 bits per heavy atom. The summed E-state index contributed by atoms with van der Waals surface area (Å²) in [6.45, 7) is 9.21. The fraction of sp³-hybridized carbons (Fsp3) is 0.722. The van der Waals surface area contributed by atoms with Crippen LogP contribution in [0.4, 0.5) is 5.69 Å². The number of rotatable bonds is 7. The average molecular weight is 349 g/mol. The van der Waals surface area contributed by atoms with Gasteiger partial charge in [0, 0.05) is 13.1 Å². The maximum atomic E-state index is 13.0. The van der Waals surface area contributed by atoms with E-state index >= 15 is 0 Å². The summed E-state index contributed by atoms with van der Waals surface area (Å²) in [6.07, 6.45) is 4.76. The van der Waals surface area contributed by atoms with Crippen LogP contribution in [0.2, 0.25) is 0 Å². The molecule has 1 heterocycles. The Kier molecular flexibility index (Phi) is 6.58. The van der Waals surface area contributed by atoms with E-state index in [1.807, 2.05) is 32.6 Å². The maximum Gasteiger partial charge on any atom is 0.242 e. The van der Waals surface area contributed by atoms with Crippen molar-refractivity contribution in [2.45, 2.75) is 65.3 Å². The Bertz CT molecular complexity index is 581. The van der Waals surface area contributed by atoms with E-state index in [2.05, 4.69) is 20.8 Å². The minimum Gasteiger partial charge on any atom is -0.342 e. The van der Waals surface area contributed by atoms with Crippen molar-refractivity contribution in [2.75, 3.05) is 25.0 Å². The van der Waals surface area contributed by atoms with Gasteiger partial charge >= 0.3 is 0 Å². The van der Waals surface area contributed by atoms with Gasteiger partial charge in [-0.1, -0.05) is 19.3 Å². The predicted molar refractivity (Wildman–Crippen MR) is 98.4 cm³/mol. The van der Waals surface area contributed by atoms with E-state index in [4.69, 9.17) is 0 Å². The lowest BCUT2D eigenvalue weighted by Crippen LogP contribution is -2.60. The summed E-state index contributed by atoms with van der Waals surface area (Å²) in [5.74, 6) is -0.0226. The predicted octanol–water partition coefficient (Wildman–Crippen LogP) is 2.13. The summed E-state index contributed by atoms with van der Waals surface area (Å²) in [6, 6.07) is 0. The van der Waals surface area contributed by atoms with Gasteiger partial charge in [-0.3, -0.25) is 20.0 Å². The van der Waals surface area contributed by atoms with Crippen molar-refractivity contribution < 1.29 is 9.59 Å². The number of hydrogen-bond donors (Lipinski definition) is 3. The number of aryl methyl sites for hydroxylation is 2. The average Bonchev–Trinajstić information content (AvgIpc) is 2.93. The van der Waals surface area contributed by atoms with Gasteiger partial charge in [-0.05, 0) is 40.5 Å². The van der Waals surface area contributed by atoms with Crippen LogP contribution in [0.1, 0.15) is 57.3 Å². The summed E-state index contributed by atoms with van der Waals surface area (Å²) >= 11 is 0. The zero-order chi connectivity index (χ0) is 18.4. The van der Waals surface area contributed by atoms with Crippen molar-refractivity contribution in [1.82, 2.24) is 20.4 Å². The summed E-state index contributed by atoms with van der Waals surface area (Å²) in [4.78, 5) is 27.3. The molecule has 0 saturated heterocycles. The fourth-order valence-corrected chi connectivity index (χ4v) is 3.60. The van der Waals surface area contributed by atoms with E-state index in [1.54, 1.807) is 0 Å². The van der Waals surface area contributed by atoms with E-state index in [-0.39, 0.29) is 18.4 Å².